The SMILES string of the molecule is COc1cc2c(cc1OC)OC(C)(C)C(=[Se])C2. The van der Waals surface area contributed by atoms with E-state index in [2.05, 4.69) is 29.4 Å². The number of methoxy groups -OCH3 is 2. The van der Waals surface area contributed by atoms with Crippen molar-refractivity contribution in [2.24, 2.45) is 0 Å². The van der Waals surface area contributed by atoms with Gasteiger partial charge in [0, 0.05) is 0 Å². The van der Waals surface area contributed by atoms with Gasteiger partial charge in [-0.3, -0.25) is 0 Å². The molecule has 1 heterocycles. The van der Waals surface area contributed by atoms with Gasteiger partial charge < -0.3 is 0 Å². The zero-order chi connectivity index (χ0) is 12.6. The molecule has 1 aliphatic heterocycles. The molecule has 0 aromatic heterocycles. The summed E-state index contributed by atoms with van der Waals surface area (Å²) in [4.78, 5) is 0. The maximum absolute atomic E-state index is 5.97. The van der Waals surface area contributed by atoms with Crippen LogP contribution in [0.2, 0.25) is 0 Å². The Morgan fingerprint density at radius 3 is 2.35 bits per heavy atom. The Morgan fingerprint density at radius 2 is 1.76 bits per heavy atom. The number of ether oxygens (including phenoxy) is 3. The molecule has 0 aliphatic carbocycles. The molecule has 1 aromatic rings. The Labute approximate surface area is 109 Å². The summed E-state index contributed by atoms with van der Waals surface area (Å²) in [5, 5.41) is 0. The van der Waals surface area contributed by atoms with Gasteiger partial charge in [-0.1, -0.05) is 0 Å². The molecule has 0 fully saturated rings. The molecular weight excluding hydrogens is 283 g/mol. The Balaban J connectivity index is 2.49. The van der Waals surface area contributed by atoms with E-state index in [4.69, 9.17) is 14.2 Å². The summed E-state index contributed by atoms with van der Waals surface area (Å²) in [6, 6.07) is 3.86. The molecule has 0 N–H and O–H groups in total. The molecule has 0 saturated heterocycles. The molecule has 17 heavy (non-hydrogen) atoms. The van der Waals surface area contributed by atoms with Gasteiger partial charge >= 0.3 is 109 Å². The average Bonchev–Trinajstić information content (AvgIpc) is 2.28. The van der Waals surface area contributed by atoms with E-state index in [1.165, 1.54) is 4.42 Å². The molecular formula is C13H16O3Se. The van der Waals surface area contributed by atoms with Crippen LogP contribution in [0.4, 0.5) is 0 Å². The van der Waals surface area contributed by atoms with E-state index < -0.39 is 0 Å². The van der Waals surface area contributed by atoms with Gasteiger partial charge in [-0.15, -0.1) is 0 Å². The van der Waals surface area contributed by atoms with Crippen LogP contribution in [0.15, 0.2) is 12.1 Å². The van der Waals surface area contributed by atoms with Crippen LogP contribution in [0, 0.1) is 0 Å². The second kappa shape index (κ2) is 4.35. The molecule has 0 amide bonds. The fourth-order valence-electron chi connectivity index (χ4n) is 1.85. The summed E-state index contributed by atoms with van der Waals surface area (Å²) in [5.41, 5.74) is 0.850. The molecule has 0 radical (unpaired) electrons. The Bertz CT molecular complexity index is 466. The molecule has 92 valence electrons. The zero-order valence-corrected chi connectivity index (χ0v) is 12.2. The first-order chi connectivity index (χ1) is 7.97. The van der Waals surface area contributed by atoms with Crippen molar-refractivity contribution in [3.63, 3.8) is 0 Å². The van der Waals surface area contributed by atoms with Crippen LogP contribution in [0.3, 0.4) is 0 Å². The molecule has 4 heteroatoms. The standard InChI is InChI=1S/C13H16O3Se/c1-13(2)12(17)6-8-5-10(14-3)11(15-4)7-9(8)16-13/h5,7H,6H2,1-4H3. The molecule has 2 rings (SSSR count). The number of hydrogen-bond acceptors (Lipinski definition) is 3. The van der Waals surface area contributed by atoms with E-state index in [0.717, 1.165) is 23.5 Å². The monoisotopic (exact) mass is 300 g/mol. The van der Waals surface area contributed by atoms with Crippen LogP contribution in [0.25, 0.3) is 0 Å². The summed E-state index contributed by atoms with van der Waals surface area (Å²) in [7, 11) is 3.27. The van der Waals surface area contributed by atoms with Gasteiger partial charge in [0.15, 0.2) is 0 Å². The molecule has 0 spiro atoms. The van der Waals surface area contributed by atoms with Crippen molar-refractivity contribution in [1.29, 1.82) is 0 Å². The van der Waals surface area contributed by atoms with Crippen LogP contribution >= 0.6 is 0 Å². The van der Waals surface area contributed by atoms with Gasteiger partial charge in [-0.2, -0.15) is 0 Å². The van der Waals surface area contributed by atoms with Crippen LogP contribution < -0.4 is 14.2 Å². The molecule has 1 aromatic carbocycles. The van der Waals surface area contributed by atoms with Crippen molar-refractivity contribution in [3.05, 3.63) is 17.7 Å². The summed E-state index contributed by atoms with van der Waals surface area (Å²) >= 11 is 3.10. The van der Waals surface area contributed by atoms with Crippen molar-refractivity contribution in [2.45, 2.75) is 25.9 Å². The topological polar surface area (TPSA) is 27.7 Å². The van der Waals surface area contributed by atoms with Gasteiger partial charge in [-0.25, -0.2) is 0 Å². The quantitative estimate of drug-likeness (QED) is 0.779. The Hall–Kier alpha value is -0.991. The fourth-order valence-corrected chi connectivity index (χ4v) is 2.27. The molecule has 0 unspecified atom stereocenters. The average molecular weight is 299 g/mol. The van der Waals surface area contributed by atoms with Crippen molar-refractivity contribution < 1.29 is 14.2 Å². The van der Waals surface area contributed by atoms with Crippen LogP contribution in [0.1, 0.15) is 19.4 Å². The second-order valence-corrected chi connectivity index (χ2v) is 5.56. The van der Waals surface area contributed by atoms with Crippen LogP contribution in [0.5, 0.6) is 17.2 Å². The molecule has 1 aliphatic rings. The minimum absolute atomic E-state index is 0.271. The van der Waals surface area contributed by atoms with Crippen molar-refractivity contribution >= 4 is 20.0 Å². The molecule has 0 bridgehead atoms. The van der Waals surface area contributed by atoms with Crippen molar-refractivity contribution in [2.75, 3.05) is 14.2 Å². The summed E-state index contributed by atoms with van der Waals surface area (Å²) in [6.45, 7) is 4.11. The van der Waals surface area contributed by atoms with Crippen molar-refractivity contribution in [1.82, 2.24) is 0 Å². The number of benzene rings is 1. The van der Waals surface area contributed by atoms with Gasteiger partial charge in [0.25, 0.3) is 0 Å². The molecule has 0 atom stereocenters. The second-order valence-electron chi connectivity index (χ2n) is 4.53. The zero-order valence-electron chi connectivity index (χ0n) is 10.5. The van der Waals surface area contributed by atoms with Gasteiger partial charge in [0.2, 0.25) is 0 Å². The Kier molecular flexibility index (Phi) is 3.19. The van der Waals surface area contributed by atoms with E-state index >= 15 is 0 Å². The Morgan fingerprint density at radius 1 is 1.18 bits per heavy atom. The first-order valence-corrected chi connectivity index (χ1v) is 6.31. The third kappa shape index (κ3) is 2.20. The normalized spacial score (nSPS) is 17.1. The predicted octanol–water partition coefficient (Wildman–Crippen LogP) is 1.76. The van der Waals surface area contributed by atoms with E-state index in [1.54, 1.807) is 14.2 Å². The third-order valence-corrected chi connectivity index (χ3v) is 4.29. The van der Waals surface area contributed by atoms with E-state index in [0.29, 0.717) is 5.75 Å². The van der Waals surface area contributed by atoms with Crippen LogP contribution in [-0.4, -0.2) is 39.8 Å². The van der Waals surface area contributed by atoms with E-state index in [1.807, 2.05) is 12.1 Å². The number of hydrogen-bond donors (Lipinski definition) is 0. The van der Waals surface area contributed by atoms with Gasteiger partial charge in [0.05, 0.1) is 0 Å². The van der Waals surface area contributed by atoms with Crippen LogP contribution in [-0.2, 0) is 6.42 Å². The first kappa shape index (κ1) is 12.5. The van der Waals surface area contributed by atoms with E-state index in [9.17, 15) is 0 Å². The number of rotatable bonds is 2. The number of fused-ring (bicyclic) bond motifs is 1. The maximum atomic E-state index is 5.97. The summed E-state index contributed by atoms with van der Waals surface area (Å²) < 4.78 is 17.7. The fraction of sp³-hybridized carbons (Fsp3) is 0.462. The van der Waals surface area contributed by atoms with E-state index in [-0.39, 0.29) is 5.60 Å². The van der Waals surface area contributed by atoms with Gasteiger partial charge in [0.1, 0.15) is 0 Å². The third-order valence-electron chi connectivity index (χ3n) is 2.95. The predicted molar refractivity (Wildman–Crippen MR) is 68.7 cm³/mol. The molecule has 0 saturated carbocycles. The van der Waals surface area contributed by atoms with Gasteiger partial charge in [-0.05, 0) is 0 Å². The summed E-state index contributed by atoms with van der Waals surface area (Å²) in [6.07, 6.45) is 0.864. The summed E-state index contributed by atoms with van der Waals surface area (Å²) in [5.74, 6) is 2.31. The van der Waals surface area contributed by atoms with Crippen molar-refractivity contribution in [3.8, 4) is 17.2 Å². The minimum atomic E-state index is -0.271. The first-order valence-electron chi connectivity index (χ1n) is 5.45. The molecule has 3 nitrogen and oxygen atoms in total.